The summed E-state index contributed by atoms with van der Waals surface area (Å²) < 4.78 is 16.0. The van der Waals surface area contributed by atoms with Gasteiger partial charge in [0.1, 0.15) is 22.8 Å². The summed E-state index contributed by atoms with van der Waals surface area (Å²) in [5.41, 5.74) is 0.950. The van der Waals surface area contributed by atoms with Crippen LogP contribution in [-0.2, 0) is 6.42 Å². The fraction of sp³-hybridized carbons (Fsp3) is 0.222. The van der Waals surface area contributed by atoms with Crippen molar-refractivity contribution in [3.05, 3.63) is 54.0 Å². The van der Waals surface area contributed by atoms with E-state index >= 15 is 0 Å². The third-order valence-electron chi connectivity index (χ3n) is 3.63. The lowest BCUT2D eigenvalue weighted by Crippen LogP contribution is -2.26. The largest absolute Gasteiger partial charge is 0.496 e. The van der Waals surface area contributed by atoms with Crippen LogP contribution in [0.3, 0.4) is 0 Å². The zero-order chi connectivity index (χ0) is 18.4. The zero-order valence-electron chi connectivity index (χ0n) is 14.4. The van der Waals surface area contributed by atoms with Crippen LogP contribution in [0.1, 0.15) is 16.2 Å². The summed E-state index contributed by atoms with van der Waals surface area (Å²) in [7, 11) is 3.01. The first-order chi connectivity index (χ1) is 12.7. The molecule has 0 saturated heterocycles. The van der Waals surface area contributed by atoms with E-state index in [2.05, 4.69) is 20.5 Å². The lowest BCUT2D eigenvalue weighted by molar-refractivity contribution is 0.0947. The Bertz CT molecular complexity index is 858. The molecule has 0 saturated carbocycles. The first-order valence-electron chi connectivity index (χ1n) is 7.96. The van der Waals surface area contributed by atoms with E-state index in [1.165, 1.54) is 14.2 Å². The van der Waals surface area contributed by atoms with Crippen molar-refractivity contribution >= 4 is 5.91 Å². The Balaban J connectivity index is 1.62. The van der Waals surface area contributed by atoms with Crippen molar-refractivity contribution in [1.29, 1.82) is 0 Å². The summed E-state index contributed by atoms with van der Waals surface area (Å²) in [5, 5.41) is 10.7. The molecule has 3 rings (SSSR count). The van der Waals surface area contributed by atoms with Gasteiger partial charge in [-0.25, -0.2) is 0 Å². The van der Waals surface area contributed by atoms with Crippen molar-refractivity contribution in [2.45, 2.75) is 6.42 Å². The Morgan fingerprint density at radius 1 is 1.08 bits per heavy atom. The number of carbonyl (C=O) groups excluding carboxylic acids is 1. The van der Waals surface area contributed by atoms with Gasteiger partial charge < -0.3 is 19.2 Å². The van der Waals surface area contributed by atoms with Crippen LogP contribution in [0.15, 0.2) is 47.0 Å². The normalized spacial score (nSPS) is 10.4. The van der Waals surface area contributed by atoms with Crippen LogP contribution in [0.4, 0.5) is 0 Å². The van der Waals surface area contributed by atoms with Crippen LogP contribution in [0.25, 0.3) is 11.6 Å². The van der Waals surface area contributed by atoms with Crippen LogP contribution >= 0.6 is 0 Å². The second-order valence-electron chi connectivity index (χ2n) is 5.26. The van der Waals surface area contributed by atoms with Crippen molar-refractivity contribution in [2.75, 3.05) is 20.8 Å². The molecule has 26 heavy (non-hydrogen) atoms. The van der Waals surface area contributed by atoms with E-state index in [9.17, 15) is 4.79 Å². The molecule has 2 aromatic heterocycles. The summed E-state index contributed by atoms with van der Waals surface area (Å²) in [5.74, 6) is 1.34. The molecule has 8 heteroatoms. The quantitative estimate of drug-likeness (QED) is 0.694. The monoisotopic (exact) mass is 354 g/mol. The standard InChI is InChI=1S/C18H18N4O4/c1-24-13-7-5-8-14(25-2)16(13)17(23)20-11-9-15-21-22-18(26-15)12-6-3-4-10-19-12/h3-8,10H,9,11H2,1-2H3,(H,20,23). The third-order valence-corrected chi connectivity index (χ3v) is 3.63. The summed E-state index contributed by atoms with van der Waals surface area (Å²) in [4.78, 5) is 16.6. The second kappa shape index (κ2) is 8.11. The average Bonchev–Trinajstić information content (AvgIpc) is 3.16. The number of hydrogen-bond donors (Lipinski definition) is 1. The lowest BCUT2D eigenvalue weighted by atomic mass is 10.1. The first-order valence-corrected chi connectivity index (χ1v) is 7.96. The van der Waals surface area contributed by atoms with Gasteiger partial charge in [0.15, 0.2) is 0 Å². The van der Waals surface area contributed by atoms with E-state index in [4.69, 9.17) is 13.9 Å². The summed E-state index contributed by atoms with van der Waals surface area (Å²) >= 11 is 0. The molecule has 1 amide bonds. The van der Waals surface area contributed by atoms with Gasteiger partial charge in [0.05, 0.1) is 14.2 Å². The van der Waals surface area contributed by atoms with Crippen molar-refractivity contribution in [3.8, 4) is 23.1 Å². The number of nitrogens with one attached hydrogen (secondary N) is 1. The molecule has 0 radical (unpaired) electrons. The van der Waals surface area contributed by atoms with Crippen molar-refractivity contribution < 1.29 is 18.7 Å². The van der Waals surface area contributed by atoms with Crippen LogP contribution in [0.5, 0.6) is 11.5 Å². The lowest BCUT2D eigenvalue weighted by Gasteiger charge is -2.12. The van der Waals surface area contributed by atoms with Crippen LogP contribution < -0.4 is 14.8 Å². The van der Waals surface area contributed by atoms with E-state index < -0.39 is 0 Å². The van der Waals surface area contributed by atoms with Crippen LogP contribution in [0.2, 0.25) is 0 Å². The van der Waals surface area contributed by atoms with Gasteiger partial charge in [0.25, 0.3) is 11.8 Å². The van der Waals surface area contributed by atoms with Crippen LogP contribution in [0, 0.1) is 0 Å². The van der Waals surface area contributed by atoms with Gasteiger partial charge in [-0.15, -0.1) is 10.2 Å². The average molecular weight is 354 g/mol. The molecule has 8 nitrogen and oxygen atoms in total. The minimum Gasteiger partial charge on any atom is -0.496 e. The molecular weight excluding hydrogens is 336 g/mol. The molecule has 0 spiro atoms. The fourth-order valence-corrected chi connectivity index (χ4v) is 2.39. The molecule has 0 unspecified atom stereocenters. The predicted molar refractivity (Wildman–Crippen MR) is 93.1 cm³/mol. The van der Waals surface area contributed by atoms with Gasteiger partial charge in [-0.1, -0.05) is 12.1 Å². The molecule has 0 bridgehead atoms. The SMILES string of the molecule is COc1cccc(OC)c1C(=O)NCCc1nnc(-c2ccccn2)o1. The number of methoxy groups -OCH3 is 2. The molecule has 134 valence electrons. The van der Waals surface area contributed by atoms with E-state index in [-0.39, 0.29) is 5.91 Å². The van der Waals surface area contributed by atoms with E-state index in [0.717, 1.165) is 0 Å². The highest BCUT2D eigenvalue weighted by molar-refractivity contribution is 5.99. The molecule has 1 aromatic carbocycles. The smallest absolute Gasteiger partial charge is 0.266 e. The Labute approximate surface area is 150 Å². The molecule has 0 aliphatic rings. The number of rotatable bonds is 7. The second-order valence-corrected chi connectivity index (χ2v) is 5.26. The van der Waals surface area contributed by atoms with E-state index in [1.807, 2.05) is 12.1 Å². The molecular formula is C18H18N4O4. The Kier molecular flexibility index (Phi) is 5.43. The topological polar surface area (TPSA) is 99.4 Å². The number of pyridine rings is 1. The van der Waals surface area contributed by atoms with Crippen LogP contribution in [-0.4, -0.2) is 41.9 Å². The minimum absolute atomic E-state index is 0.302. The molecule has 3 aromatic rings. The summed E-state index contributed by atoms with van der Waals surface area (Å²) in [6, 6.07) is 10.6. The molecule has 2 heterocycles. The molecule has 0 atom stereocenters. The maximum Gasteiger partial charge on any atom is 0.266 e. The number of nitrogens with zero attached hydrogens (tertiary/aromatic N) is 3. The Morgan fingerprint density at radius 2 is 1.85 bits per heavy atom. The maximum absolute atomic E-state index is 12.5. The highest BCUT2D eigenvalue weighted by Crippen LogP contribution is 2.27. The Hall–Kier alpha value is -3.42. The number of carbonyl (C=O) groups is 1. The van der Waals surface area contributed by atoms with Crippen molar-refractivity contribution in [3.63, 3.8) is 0 Å². The Morgan fingerprint density at radius 3 is 2.50 bits per heavy atom. The summed E-state index contributed by atoms with van der Waals surface area (Å²) in [6.45, 7) is 0.323. The maximum atomic E-state index is 12.5. The molecule has 0 aliphatic carbocycles. The minimum atomic E-state index is -0.302. The van der Waals surface area contributed by atoms with Gasteiger partial charge in [-0.05, 0) is 24.3 Å². The highest BCUT2D eigenvalue weighted by atomic mass is 16.5. The van der Waals surface area contributed by atoms with Gasteiger partial charge in [0, 0.05) is 19.2 Å². The predicted octanol–water partition coefficient (Wildman–Crippen LogP) is 2.12. The number of hydrogen-bond acceptors (Lipinski definition) is 7. The fourth-order valence-electron chi connectivity index (χ4n) is 2.39. The number of aromatic nitrogens is 3. The van der Waals surface area contributed by atoms with Crippen molar-refractivity contribution in [2.24, 2.45) is 0 Å². The summed E-state index contributed by atoms with van der Waals surface area (Å²) in [6.07, 6.45) is 2.04. The van der Waals surface area contributed by atoms with Gasteiger partial charge in [0.2, 0.25) is 5.89 Å². The number of ether oxygens (including phenoxy) is 2. The number of amides is 1. The van der Waals surface area contributed by atoms with Gasteiger partial charge in [-0.2, -0.15) is 0 Å². The van der Waals surface area contributed by atoms with Gasteiger partial charge >= 0.3 is 0 Å². The third kappa shape index (κ3) is 3.80. The number of benzene rings is 1. The van der Waals surface area contributed by atoms with Crippen molar-refractivity contribution in [1.82, 2.24) is 20.5 Å². The van der Waals surface area contributed by atoms with Gasteiger partial charge in [-0.3, -0.25) is 9.78 Å². The molecule has 0 fully saturated rings. The molecule has 1 N–H and O–H groups in total. The van der Waals surface area contributed by atoms with E-state index in [0.29, 0.717) is 47.5 Å². The first kappa shape index (κ1) is 17.4. The highest BCUT2D eigenvalue weighted by Gasteiger charge is 2.18. The van der Waals surface area contributed by atoms with E-state index in [1.54, 1.807) is 30.5 Å². The zero-order valence-corrected chi connectivity index (χ0v) is 14.4. The molecule has 0 aliphatic heterocycles.